The van der Waals surface area contributed by atoms with Crippen LogP contribution in [0, 0.1) is 5.92 Å². The predicted octanol–water partition coefficient (Wildman–Crippen LogP) is 0.319. The van der Waals surface area contributed by atoms with Crippen LogP contribution in [0.1, 0.15) is 19.2 Å². The van der Waals surface area contributed by atoms with Crippen molar-refractivity contribution < 1.29 is 4.74 Å². The molecule has 1 saturated heterocycles. The molecule has 2 N–H and O–H groups in total. The summed E-state index contributed by atoms with van der Waals surface area (Å²) in [5.41, 5.74) is 0. The number of nitrogens with one attached hydrogen (secondary N) is 2. The standard InChI is InChI=1S/C9H16N4O/c1-7(8-2-3-14-5-8)10-4-9-11-6-12-13-9/h6-8,10H,2-5H2,1H3,(H,11,12,13). The van der Waals surface area contributed by atoms with Crippen molar-refractivity contribution in [1.29, 1.82) is 0 Å². The van der Waals surface area contributed by atoms with Crippen LogP contribution in [0.15, 0.2) is 6.33 Å². The average Bonchev–Trinajstić information content (AvgIpc) is 2.87. The lowest BCUT2D eigenvalue weighted by Crippen LogP contribution is -2.33. The number of aromatic nitrogens is 3. The van der Waals surface area contributed by atoms with Crippen LogP contribution >= 0.6 is 0 Å². The zero-order valence-electron chi connectivity index (χ0n) is 8.36. The second-order valence-corrected chi connectivity index (χ2v) is 3.73. The van der Waals surface area contributed by atoms with Crippen LogP contribution in [-0.4, -0.2) is 34.4 Å². The molecule has 0 spiro atoms. The number of hydrogen-bond acceptors (Lipinski definition) is 4. The minimum absolute atomic E-state index is 0.475. The lowest BCUT2D eigenvalue weighted by molar-refractivity contribution is 0.178. The van der Waals surface area contributed by atoms with E-state index < -0.39 is 0 Å². The molecular weight excluding hydrogens is 180 g/mol. The van der Waals surface area contributed by atoms with Crippen molar-refractivity contribution in [1.82, 2.24) is 20.5 Å². The maximum absolute atomic E-state index is 5.34. The molecule has 0 radical (unpaired) electrons. The van der Waals surface area contributed by atoms with E-state index in [0.717, 1.165) is 32.0 Å². The Hall–Kier alpha value is -0.940. The number of H-pyrrole nitrogens is 1. The van der Waals surface area contributed by atoms with Gasteiger partial charge >= 0.3 is 0 Å². The Kier molecular flexibility index (Phi) is 3.10. The maximum atomic E-state index is 5.34. The fourth-order valence-corrected chi connectivity index (χ4v) is 1.69. The highest BCUT2D eigenvalue weighted by Gasteiger charge is 2.21. The number of rotatable bonds is 4. The Morgan fingerprint density at radius 1 is 1.79 bits per heavy atom. The molecule has 0 aromatic carbocycles. The zero-order chi connectivity index (χ0) is 9.80. The topological polar surface area (TPSA) is 62.8 Å². The van der Waals surface area contributed by atoms with Gasteiger partial charge in [-0.1, -0.05) is 0 Å². The number of hydrogen-bond donors (Lipinski definition) is 2. The molecular formula is C9H16N4O. The van der Waals surface area contributed by atoms with Gasteiger partial charge in [-0.25, -0.2) is 4.98 Å². The van der Waals surface area contributed by atoms with Crippen LogP contribution in [0.2, 0.25) is 0 Å². The van der Waals surface area contributed by atoms with Crippen molar-refractivity contribution in [2.75, 3.05) is 13.2 Å². The van der Waals surface area contributed by atoms with E-state index in [2.05, 4.69) is 27.4 Å². The minimum Gasteiger partial charge on any atom is -0.381 e. The van der Waals surface area contributed by atoms with Crippen LogP contribution in [0.25, 0.3) is 0 Å². The second kappa shape index (κ2) is 4.52. The van der Waals surface area contributed by atoms with Crippen LogP contribution in [-0.2, 0) is 11.3 Å². The Morgan fingerprint density at radius 3 is 3.36 bits per heavy atom. The Balaban J connectivity index is 1.74. The molecule has 5 heteroatoms. The molecule has 5 nitrogen and oxygen atoms in total. The van der Waals surface area contributed by atoms with Crippen molar-refractivity contribution in [3.8, 4) is 0 Å². The van der Waals surface area contributed by atoms with Gasteiger partial charge in [-0.2, -0.15) is 5.10 Å². The van der Waals surface area contributed by atoms with Crippen LogP contribution in [0.4, 0.5) is 0 Å². The molecule has 2 unspecified atom stereocenters. The normalized spacial score (nSPS) is 23.9. The molecule has 14 heavy (non-hydrogen) atoms. The van der Waals surface area contributed by atoms with E-state index in [1.807, 2.05) is 0 Å². The summed E-state index contributed by atoms with van der Waals surface area (Å²) in [4.78, 5) is 4.05. The van der Waals surface area contributed by atoms with Crippen molar-refractivity contribution in [3.63, 3.8) is 0 Å². The Morgan fingerprint density at radius 2 is 2.71 bits per heavy atom. The monoisotopic (exact) mass is 196 g/mol. The predicted molar refractivity (Wildman–Crippen MR) is 51.6 cm³/mol. The Labute approximate surface area is 83.3 Å². The number of nitrogens with zero attached hydrogens (tertiary/aromatic N) is 2. The third-order valence-electron chi connectivity index (χ3n) is 2.73. The lowest BCUT2D eigenvalue weighted by atomic mass is 10.0. The summed E-state index contributed by atoms with van der Waals surface area (Å²) in [5.74, 6) is 1.52. The molecule has 0 saturated carbocycles. The van der Waals surface area contributed by atoms with Crippen molar-refractivity contribution in [2.24, 2.45) is 5.92 Å². The van der Waals surface area contributed by atoms with Gasteiger partial charge in [0.25, 0.3) is 0 Å². The molecule has 1 aliphatic heterocycles. The van der Waals surface area contributed by atoms with Crippen LogP contribution in [0.3, 0.4) is 0 Å². The lowest BCUT2D eigenvalue weighted by Gasteiger charge is -2.18. The molecule has 0 bridgehead atoms. The van der Waals surface area contributed by atoms with Crippen LogP contribution in [0.5, 0.6) is 0 Å². The van der Waals surface area contributed by atoms with Gasteiger partial charge in [0.05, 0.1) is 13.2 Å². The highest BCUT2D eigenvalue weighted by atomic mass is 16.5. The first-order valence-corrected chi connectivity index (χ1v) is 5.01. The first kappa shape index (κ1) is 9.61. The molecule has 1 aromatic rings. The highest BCUT2D eigenvalue weighted by molar-refractivity contribution is 4.82. The molecule has 2 heterocycles. The molecule has 1 aromatic heterocycles. The van der Waals surface area contributed by atoms with Gasteiger partial charge in [0.2, 0.25) is 0 Å². The van der Waals surface area contributed by atoms with Crippen molar-refractivity contribution >= 4 is 0 Å². The number of ether oxygens (including phenoxy) is 1. The van der Waals surface area contributed by atoms with Gasteiger partial charge in [-0.3, -0.25) is 5.10 Å². The SMILES string of the molecule is CC(NCc1ncn[nH]1)C1CCOC1. The third-order valence-corrected chi connectivity index (χ3v) is 2.73. The van der Waals surface area contributed by atoms with E-state index in [1.165, 1.54) is 6.33 Å². The van der Waals surface area contributed by atoms with Crippen molar-refractivity contribution in [3.05, 3.63) is 12.2 Å². The number of aromatic amines is 1. The minimum atomic E-state index is 0.475. The second-order valence-electron chi connectivity index (χ2n) is 3.73. The van der Waals surface area contributed by atoms with Gasteiger partial charge in [0.1, 0.15) is 12.2 Å². The zero-order valence-corrected chi connectivity index (χ0v) is 8.36. The van der Waals surface area contributed by atoms with E-state index in [1.54, 1.807) is 0 Å². The van der Waals surface area contributed by atoms with E-state index in [-0.39, 0.29) is 0 Å². The summed E-state index contributed by atoms with van der Waals surface area (Å²) < 4.78 is 5.34. The summed E-state index contributed by atoms with van der Waals surface area (Å²) in [6.45, 7) is 4.72. The molecule has 0 amide bonds. The molecule has 2 atom stereocenters. The summed E-state index contributed by atoms with van der Waals surface area (Å²) in [7, 11) is 0. The van der Waals surface area contributed by atoms with Gasteiger partial charge < -0.3 is 10.1 Å². The summed E-state index contributed by atoms with van der Waals surface area (Å²) >= 11 is 0. The maximum Gasteiger partial charge on any atom is 0.138 e. The first-order valence-electron chi connectivity index (χ1n) is 5.01. The highest BCUT2D eigenvalue weighted by Crippen LogP contribution is 2.16. The van der Waals surface area contributed by atoms with Gasteiger partial charge in [-0.15, -0.1) is 0 Å². The molecule has 78 valence electrons. The van der Waals surface area contributed by atoms with Crippen molar-refractivity contribution in [2.45, 2.75) is 25.9 Å². The van der Waals surface area contributed by atoms with Gasteiger partial charge in [-0.05, 0) is 19.3 Å². The van der Waals surface area contributed by atoms with E-state index in [4.69, 9.17) is 4.74 Å². The molecule has 1 aliphatic rings. The third kappa shape index (κ3) is 2.30. The van der Waals surface area contributed by atoms with E-state index in [0.29, 0.717) is 12.0 Å². The van der Waals surface area contributed by atoms with Crippen LogP contribution < -0.4 is 5.32 Å². The first-order chi connectivity index (χ1) is 6.86. The van der Waals surface area contributed by atoms with E-state index in [9.17, 15) is 0 Å². The quantitative estimate of drug-likeness (QED) is 0.728. The largest absolute Gasteiger partial charge is 0.381 e. The molecule has 0 aliphatic carbocycles. The van der Waals surface area contributed by atoms with Gasteiger partial charge in [0, 0.05) is 12.6 Å². The fraction of sp³-hybridized carbons (Fsp3) is 0.778. The smallest absolute Gasteiger partial charge is 0.138 e. The van der Waals surface area contributed by atoms with E-state index >= 15 is 0 Å². The molecule has 1 fully saturated rings. The average molecular weight is 196 g/mol. The molecule has 2 rings (SSSR count). The fourth-order valence-electron chi connectivity index (χ4n) is 1.69. The summed E-state index contributed by atoms with van der Waals surface area (Å²) in [6.07, 6.45) is 2.69. The summed E-state index contributed by atoms with van der Waals surface area (Å²) in [5, 5.41) is 10.0. The summed E-state index contributed by atoms with van der Waals surface area (Å²) in [6, 6.07) is 0.475. The van der Waals surface area contributed by atoms with Gasteiger partial charge in [0.15, 0.2) is 0 Å². The Bertz CT molecular complexity index is 256.